The van der Waals surface area contributed by atoms with E-state index in [1.54, 1.807) is 0 Å². The summed E-state index contributed by atoms with van der Waals surface area (Å²) in [5.41, 5.74) is 1.88. The molecule has 1 saturated heterocycles. The number of hydrogen-bond acceptors (Lipinski definition) is 3. The van der Waals surface area contributed by atoms with E-state index in [1.807, 2.05) is 24.3 Å². The van der Waals surface area contributed by atoms with Gasteiger partial charge in [-0.15, -0.1) is 0 Å². The molecule has 4 heteroatoms. The van der Waals surface area contributed by atoms with Crippen molar-refractivity contribution in [2.75, 3.05) is 23.8 Å². The molecule has 1 aliphatic heterocycles. The number of nitrogens with one attached hydrogen (secondary N) is 2. The van der Waals surface area contributed by atoms with Gasteiger partial charge in [-0.05, 0) is 37.5 Å². The minimum absolute atomic E-state index is 0.0463. The molecule has 1 unspecified atom stereocenters. The molecule has 0 aromatic heterocycles. The van der Waals surface area contributed by atoms with E-state index in [-0.39, 0.29) is 5.91 Å². The Balaban J connectivity index is 1.97. The van der Waals surface area contributed by atoms with Crippen molar-refractivity contribution in [1.82, 2.24) is 0 Å². The number of benzene rings is 1. The molecule has 1 heterocycles. The Morgan fingerprint density at radius 1 is 1.28 bits per heavy atom. The molecule has 18 heavy (non-hydrogen) atoms. The largest absolute Gasteiger partial charge is 0.382 e. The summed E-state index contributed by atoms with van der Waals surface area (Å²) in [6.45, 7) is 3.20. The van der Waals surface area contributed by atoms with Gasteiger partial charge in [0.15, 0.2) is 0 Å². The standard InChI is InChI=1S/C14H20N2O2/c1-11(17)15-13-4-2-5-14(10-13)16-12-6-3-8-18-9-7-12/h2,4-5,10,12,16H,3,6-9H2,1H3,(H,15,17). The maximum Gasteiger partial charge on any atom is 0.221 e. The third-order valence-corrected chi connectivity index (χ3v) is 3.01. The molecule has 2 N–H and O–H groups in total. The Hall–Kier alpha value is -1.55. The summed E-state index contributed by atoms with van der Waals surface area (Å²) in [6, 6.07) is 8.29. The van der Waals surface area contributed by atoms with Crippen LogP contribution in [0.25, 0.3) is 0 Å². The van der Waals surface area contributed by atoms with Gasteiger partial charge < -0.3 is 15.4 Å². The van der Waals surface area contributed by atoms with Crippen molar-refractivity contribution in [3.63, 3.8) is 0 Å². The first-order valence-corrected chi connectivity index (χ1v) is 6.46. The Morgan fingerprint density at radius 3 is 2.94 bits per heavy atom. The fourth-order valence-corrected chi connectivity index (χ4v) is 2.17. The minimum Gasteiger partial charge on any atom is -0.382 e. The number of carbonyl (C=O) groups excluding carboxylic acids is 1. The first kappa shape index (κ1) is 12.9. The molecular formula is C14H20N2O2. The summed E-state index contributed by atoms with van der Waals surface area (Å²) in [4.78, 5) is 11.0. The molecule has 1 atom stereocenters. The lowest BCUT2D eigenvalue weighted by molar-refractivity contribution is -0.114. The van der Waals surface area contributed by atoms with E-state index >= 15 is 0 Å². The van der Waals surface area contributed by atoms with Gasteiger partial charge in [-0.25, -0.2) is 0 Å². The van der Waals surface area contributed by atoms with Crippen LogP contribution in [0, 0.1) is 0 Å². The summed E-state index contributed by atoms with van der Waals surface area (Å²) in [5, 5.41) is 6.29. The van der Waals surface area contributed by atoms with E-state index in [1.165, 1.54) is 6.92 Å². The molecule has 1 aliphatic rings. The molecule has 1 amide bonds. The highest BCUT2D eigenvalue weighted by Gasteiger charge is 2.12. The fraction of sp³-hybridized carbons (Fsp3) is 0.500. The Morgan fingerprint density at radius 2 is 2.11 bits per heavy atom. The van der Waals surface area contributed by atoms with Crippen LogP contribution in [0.2, 0.25) is 0 Å². The van der Waals surface area contributed by atoms with Crippen LogP contribution in [0.5, 0.6) is 0 Å². The summed E-state index contributed by atoms with van der Waals surface area (Å²) in [6.07, 6.45) is 3.26. The Labute approximate surface area is 108 Å². The molecule has 2 rings (SSSR count). The number of rotatable bonds is 3. The van der Waals surface area contributed by atoms with Gasteiger partial charge in [0, 0.05) is 37.6 Å². The van der Waals surface area contributed by atoms with Crippen molar-refractivity contribution in [3.05, 3.63) is 24.3 Å². The van der Waals surface area contributed by atoms with Gasteiger partial charge in [-0.2, -0.15) is 0 Å². The molecular weight excluding hydrogens is 228 g/mol. The van der Waals surface area contributed by atoms with E-state index in [2.05, 4.69) is 10.6 Å². The highest BCUT2D eigenvalue weighted by Crippen LogP contribution is 2.19. The third-order valence-electron chi connectivity index (χ3n) is 3.01. The lowest BCUT2D eigenvalue weighted by Crippen LogP contribution is -2.19. The number of carbonyl (C=O) groups is 1. The monoisotopic (exact) mass is 248 g/mol. The van der Waals surface area contributed by atoms with Crippen LogP contribution in [-0.4, -0.2) is 25.2 Å². The molecule has 98 valence electrons. The van der Waals surface area contributed by atoms with Crippen LogP contribution < -0.4 is 10.6 Å². The van der Waals surface area contributed by atoms with Crippen LogP contribution in [0.15, 0.2) is 24.3 Å². The third kappa shape index (κ3) is 4.04. The minimum atomic E-state index is -0.0463. The zero-order valence-corrected chi connectivity index (χ0v) is 10.7. The summed E-state index contributed by atoms with van der Waals surface area (Å²) >= 11 is 0. The van der Waals surface area contributed by atoms with Gasteiger partial charge in [-0.1, -0.05) is 6.07 Å². The van der Waals surface area contributed by atoms with Crippen LogP contribution in [-0.2, 0) is 9.53 Å². The Bertz CT molecular complexity index is 399. The second-order valence-electron chi connectivity index (χ2n) is 4.65. The first-order chi connectivity index (χ1) is 8.74. The van der Waals surface area contributed by atoms with E-state index in [4.69, 9.17) is 4.74 Å². The van der Waals surface area contributed by atoms with Crippen molar-refractivity contribution < 1.29 is 9.53 Å². The zero-order valence-electron chi connectivity index (χ0n) is 10.7. The average Bonchev–Trinajstić information content (AvgIpc) is 2.57. The molecule has 1 aromatic carbocycles. The van der Waals surface area contributed by atoms with E-state index in [9.17, 15) is 4.79 Å². The van der Waals surface area contributed by atoms with Gasteiger partial charge in [0.05, 0.1) is 0 Å². The Kier molecular flexibility index (Phi) is 4.59. The van der Waals surface area contributed by atoms with Crippen molar-refractivity contribution in [1.29, 1.82) is 0 Å². The van der Waals surface area contributed by atoms with Crippen molar-refractivity contribution in [2.24, 2.45) is 0 Å². The molecule has 0 radical (unpaired) electrons. The zero-order chi connectivity index (χ0) is 12.8. The highest BCUT2D eigenvalue weighted by atomic mass is 16.5. The predicted molar refractivity (Wildman–Crippen MR) is 72.8 cm³/mol. The van der Waals surface area contributed by atoms with E-state index in [0.29, 0.717) is 6.04 Å². The number of amides is 1. The molecule has 0 bridgehead atoms. The lowest BCUT2D eigenvalue weighted by Gasteiger charge is -2.17. The smallest absolute Gasteiger partial charge is 0.221 e. The molecule has 0 spiro atoms. The molecule has 0 aliphatic carbocycles. The summed E-state index contributed by atoms with van der Waals surface area (Å²) < 4.78 is 5.44. The van der Waals surface area contributed by atoms with Gasteiger partial charge in [0.1, 0.15) is 0 Å². The number of ether oxygens (including phenoxy) is 1. The summed E-state index contributed by atoms with van der Waals surface area (Å²) in [5.74, 6) is -0.0463. The van der Waals surface area contributed by atoms with E-state index in [0.717, 1.165) is 43.9 Å². The quantitative estimate of drug-likeness (QED) is 0.864. The van der Waals surface area contributed by atoms with Gasteiger partial charge in [0.2, 0.25) is 5.91 Å². The maximum absolute atomic E-state index is 11.0. The van der Waals surface area contributed by atoms with Crippen LogP contribution in [0.3, 0.4) is 0 Å². The second kappa shape index (κ2) is 6.40. The normalized spacial score (nSPS) is 19.9. The molecule has 0 saturated carbocycles. The topological polar surface area (TPSA) is 50.4 Å². The van der Waals surface area contributed by atoms with Gasteiger partial charge in [0.25, 0.3) is 0 Å². The lowest BCUT2D eigenvalue weighted by atomic mass is 10.1. The highest BCUT2D eigenvalue weighted by molar-refractivity contribution is 5.89. The van der Waals surface area contributed by atoms with Crippen LogP contribution in [0.1, 0.15) is 26.2 Å². The van der Waals surface area contributed by atoms with Crippen molar-refractivity contribution in [3.8, 4) is 0 Å². The van der Waals surface area contributed by atoms with Gasteiger partial charge >= 0.3 is 0 Å². The van der Waals surface area contributed by atoms with Crippen LogP contribution >= 0.6 is 0 Å². The molecule has 1 fully saturated rings. The number of anilines is 2. The fourth-order valence-electron chi connectivity index (χ4n) is 2.17. The van der Waals surface area contributed by atoms with Gasteiger partial charge in [-0.3, -0.25) is 4.79 Å². The van der Waals surface area contributed by atoms with E-state index < -0.39 is 0 Å². The number of hydrogen-bond donors (Lipinski definition) is 2. The predicted octanol–water partition coefficient (Wildman–Crippen LogP) is 2.63. The second-order valence-corrected chi connectivity index (χ2v) is 4.65. The first-order valence-electron chi connectivity index (χ1n) is 6.46. The SMILES string of the molecule is CC(=O)Nc1cccc(NC2CCCOCC2)c1. The van der Waals surface area contributed by atoms with Crippen LogP contribution in [0.4, 0.5) is 11.4 Å². The maximum atomic E-state index is 11.0. The summed E-state index contributed by atoms with van der Waals surface area (Å²) in [7, 11) is 0. The van der Waals surface area contributed by atoms with Crippen molar-refractivity contribution >= 4 is 17.3 Å². The van der Waals surface area contributed by atoms with Crippen molar-refractivity contribution in [2.45, 2.75) is 32.2 Å². The average molecular weight is 248 g/mol. The molecule has 1 aromatic rings. The molecule has 4 nitrogen and oxygen atoms in total.